The van der Waals surface area contributed by atoms with Gasteiger partial charge in [0.05, 0.1) is 26.3 Å². The fraction of sp³-hybridized carbons (Fsp3) is 0.474. The molecule has 136 valence electrons. The normalized spacial score (nSPS) is 12.1. The Morgan fingerprint density at radius 3 is 2.48 bits per heavy atom. The smallest absolute Gasteiger partial charge is 0.226 e. The number of aromatic nitrogens is 1. The molecule has 25 heavy (non-hydrogen) atoms. The molecule has 1 aromatic heterocycles. The predicted octanol–water partition coefficient (Wildman–Crippen LogP) is 3.10. The van der Waals surface area contributed by atoms with E-state index in [1.54, 1.807) is 27.2 Å². The van der Waals surface area contributed by atoms with Crippen LogP contribution in [-0.2, 0) is 11.2 Å². The molecule has 2 aromatic rings. The molecule has 1 heterocycles. The quantitative estimate of drug-likeness (QED) is 0.795. The maximum atomic E-state index is 12.2. The zero-order chi connectivity index (χ0) is 18.4. The summed E-state index contributed by atoms with van der Waals surface area (Å²) in [6, 6.07) is 7.65. The number of methoxy groups -OCH3 is 2. The summed E-state index contributed by atoms with van der Waals surface area (Å²) in [5.41, 5.74) is 1.74. The summed E-state index contributed by atoms with van der Waals surface area (Å²) in [5.74, 6) is 2.54. The Balaban J connectivity index is 2.04. The number of ether oxygens (including phenoxy) is 2. The van der Waals surface area contributed by atoms with Gasteiger partial charge in [0, 0.05) is 18.5 Å². The van der Waals surface area contributed by atoms with Crippen LogP contribution in [0, 0.1) is 12.8 Å². The lowest BCUT2D eigenvalue weighted by Crippen LogP contribution is -2.31. The van der Waals surface area contributed by atoms with E-state index in [0.29, 0.717) is 35.4 Å². The highest BCUT2D eigenvalue weighted by Crippen LogP contribution is 2.33. The molecule has 0 aliphatic rings. The van der Waals surface area contributed by atoms with Crippen molar-refractivity contribution in [1.82, 2.24) is 10.5 Å². The number of carbonyl (C=O) groups excluding carboxylic acids is 1. The Bertz CT molecular complexity index is 709. The number of hydrogen-bond donors (Lipinski definition) is 1. The summed E-state index contributed by atoms with van der Waals surface area (Å²) < 4.78 is 15.7. The zero-order valence-electron chi connectivity index (χ0n) is 15.5. The van der Waals surface area contributed by atoms with Crippen molar-refractivity contribution in [3.63, 3.8) is 0 Å². The lowest BCUT2D eigenvalue weighted by molar-refractivity contribution is -0.120. The number of aryl methyl sites for hydroxylation is 1. The minimum atomic E-state index is -0.0700. The lowest BCUT2D eigenvalue weighted by atomic mass is 9.88. The van der Waals surface area contributed by atoms with Crippen LogP contribution in [-0.4, -0.2) is 31.8 Å². The van der Waals surface area contributed by atoms with Gasteiger partial charge in [0.2, 0.25) is 5.91 Å². The summed E-state index contributed by atoms with van der Waals surface area (Å²) >= 11 is 0. The first-order valence-corrected chi connectivity index (χ1v) is 8.35. The first-order chi connectivity index (χ1) is 11.9. The van der Waals surface area contributed by atoms with Gasteiger partial charge < -0.3 is 19.3 Å². The molecule has 0 saturated heterocycles. The lowest BCUT2D eigenvalue weighted by Gasteiger charge is -2.23. The van der Waals surface area contributed by atoms with Gasteiger partial charge in [0.1, 0.15) is 5.76 Å². The van der Waals surface area contributed by atoms with Crippen molar-refractivity contribution < 1.29 is 18.8 Å². The van der Waals surface area contributed by atoms with E-state index in [9.17, 15) is 4.79 Å². The predicted molar refractivity (Wildman–Crippen MR) is 95.1 cm³/mol. The number of amides is 1. The van der Waals surface area contributed by atoms with Crippen LogP contribution in [0.25, 0.3) is 0 Å². The first kappa shape index (κ1) is 18.8. The number of rotatable bonds is 8. The van der Waals surface area contributed by atoms with E-state index in [1.165, 1.54) is 0 Å². The van der Waals surface area contributed by atoms with Gasteiger partial charge in [0.25, 0.3) is 0 Å². The van der Waals surface area contributed by atoms with Gasteiger partial charge in [-0.2, -0.15) is 0 Å². The number of nitrogens with one attached hydrogen (secondary N) is 1. The average Bonchev–Trinajstić information content (AvgIpc) is 2.99. The van der Waals surface area contributed by atoms with E-state index in [-0.39, 0.29) is 18.2 Å². The van der Waals surface area contributed by atoms with Crippen LogP contribution in [0.3, 0.4) is 0 Å². The molecule has 0 fully saturated rings. The molecule has 1 unspecified atom stereocenters. The van der Waals surface area contributed by atoms with E-state index in [1.807, 2.05) is 18.2 Å². The zero-order valence-corrected chi connectivity index (χ0v) is 15.5. The Kier molecular flexibility index (Phi) is 6.44. The van der Waals surface area contributed by atoms with Crippen molar-refractivity contribution >= 4 is 5.91 Å². The molecule has 1 N–H and O–H groups in total. The van der Waals surface area contributed by atoms with Crippen molar-refractivity contribution in [2.75, 3.05) is 20.8 Å². The Morgan fingerprint density at radius 2 is 1.92 bits per heavy atom. The van der Waals surface area contributed by atoms with Crippen LogP contribution in [0.5, 0.6) is 11.5 Å². The standard InChI is InChI=1S/C19H26N2O4/c1-12(2)16(14-6-7-17(23-4)18(9-14)24-5)11-20-19(22)10-15-8-13(3)25-21-15/h6-9,12,16H,10-11H2,1-5H3,(H,20,22). The van der Waals surface area contributed by atoms with Gasteiger partial charge in [-0.3, -0.25) is 4.79 Å². The second kappa shape index (κ2) is 8.55. The number of hydrogen-bond acceptors (Lipinski definition) is 5. The molecule has 1 aromatic carbocycles. The molecule has 0 aliphatic carbocycles. The first-order valence-electron chi connectivity index (χ1n) is 8.35. The summed E-state index contributed by atoms with van der Waals surface area (Å²) in [6.07, 6.45) is 0.216. The third-order valence-corrected chi connectivity index (χ3v) is 4.18. The van der Waals surface area contributed by atoms with E-state index >= 15 is 0 Å². The fourth-order valence-electron chi connectivity index (χ4n) is 2.77. The highest BCUT2D eigenvalue weighted by atomic mass is 16.5. The number of carbonyl (C=O) groups is 1. The molecule has 0 radical (unpaired) electrons. The topological polar surface area (TPSA) is 73.6 Å². The fourth-order valence-corrected chi connectivity index (χ4v) is 2.77. The van der Waals surface area contributed by atoms with Crippen molar-refractivity contribution in [2.24, 2.45) is 5.92 Å². The Hall–Kier alpha value is -2.50. The number of benzene rings is 1. The van der Waals surface area contributed by atoms with Gasteiger partial charge in [-0.05, 0) is 30.5 Å². The summed E-state index contributed by atoms with van der Waals surface area (Å²) in [4.78, 5) is 12.2. The second-order valence-electron chi connectivity index (χ2n) is 6.37. The molecular formula is C19H26N2O4. The van der Waals surface area contributed by atoms with Gasteiger partial charge in [0.15, 0.2) is 11.5 Å². The maximum Gasteiger partial charge on any atom is 0.226 e. The van der Waals surface area contributed by atoms with Crippen molar-refractivity contribution in [2.45, 2.75) is 33.1 Å². The minimum absolute atomic E-state index is 0.0700. The van der Waals surface area contributed by atoms with Crippen molar-refractivity contribution in [3.8, 4) is 11.5 Å². The molecule has 1 amide bonds. The van der Waals surface area contributed by atoms with Gasteiger partial charge in [-0.15, -0.1) is 0 Å². The highest BCUT2D eigenvalue weighted by Gasteiger charge is 2.19. The summed E-state index contributed by atoms with van der Waals surface area (Å²) in [5, 5.41) is 6.85. The van der Waals surface area contributed by atoms with Gasteiger partial charge >= 0.3 is 0 Å². The highest BCUT2D eigenvalue weighted by molar-refractivity contribution is 5.78. The largest absolute Gasteiger partial charge is 0.493 e. The van der Waals surface area contributed by atoms with Crippen LogP contribution >= 0.6 is 0 Å². The Labute approximate surface area is 148 Å². The Morgan fingerprint density at radius 1 is 1.20 bits per heavy atom. The van der Waals surface area contributed by atoms with E-state index in [4.69, 9.17) is 14.0 Å². The maximum absolute atomic E-state index is 12.2. The van der Waals surface area contributed by atoms with Crippen LogP contribution < -0.4 is 14.8 Å². The average molecular weight is 346 g/mol. The van der Waals surface area contributed by atoms with Gasteiger partial charge in [-0.1, -0.05) is 25.1 Å². The molecule has 6 nitrogen and oxygen atoms in total. The molecule has 6 heteroatoms. The van der Waals surface area contributed by atoms with E-state index in [0.717, 1.165) is 5.56 Å². The third kappa shape index (κ3) is 4.98. The minimum Gasteiger partial charge on any atom is -0.493 e. The second-order valence-corrected chi connectivity index (χ2v) is 6.37. The van der Waals surface area contributed by atoms with Crippen LogP contribution in [0.4, 0.5) is 0 Å². The van der Waals surface area contributed by atoms with Crippen LogP contribution in [0.2, 0.25) is 0 Å². The molecular weight excluding hydrogens is 320 g/mol. The molecule has 0 spiro atoms. The summed E-state index contributed by atoms with van der Waals surface area (Å²) in [7, 11) is 3.23. The molecule has 2 rings (SSSR count). The third-order valence-electron chi connectivity index (χ3n) is 4.18. The van der Waals surface area contributed by atoms with Crippen LogP contribution in [0.1, 0.15) is 36.8 Å². The number of nitrogens with zero attached hydrogens (tertiary/aromatic N) is 1. The van der Waals surface area contributed by atoms with E-state index in [2.05, 4.69) is 24.3 Å². The SMILES string of the molecule is COc1ccc(C(CNC(=O)Cc2cc(C)on2)C(C)C)cc1OC. The van der Waals surface area contributed by atoms with Crippen molar-refractivity contribution in [3.05, 3.63) is 41.3 Å². The summed E-state index contributed by atoms with van der Waals surface area (Å²) in [6.45, 7) is 6.62. The van der Waals surface area contributed by atoms with Crippen LogP contribution in [0.15, 0.2) is 28.8 Å². The van der Waals surface area contributed by atoms with E-state index < -0.39 is 0 Å². The molecule has 0 saturated carbocycles. The molecule has 0 aliphatic heterocycles. The molecule has 1 atom stereocenters. The van der Waals surface area contributed by atoms with Gasteiger partial charge in [-0.25, -0.2) is 0 Å². The monoisotopic (exact) mass is 346 g/mol. The van der Waals surface area contributed by atoms with Crippen molar-refractivity contribution in [1.29, 1.82) is 0 Å². The molecule has 0 bridgehead atoms.